The Morgan fingerprint density at radius 1 is 1.47 bits per heavy atom. The lowest BCUT2D eigenvalue weighted by Crippen LogP contribution is -2.35. The van der Waals surface area contributed by atoms with Crippen molar-refractivity contribution in [2.45, 2.75) is 39.3 Å². The highest BCUT2D eigenvalue weighted by atomic mass is 16.2. The van der Waals surface area contributed by atoms with Gasteiger partial charge in [0.1, 0.15) is 0 Å². The van der Waals surface area contributed by atoms with Gasteiger partial charge in [-0.25, -0.2) is 0 Å². The lowest BCUT2D eigenvalue weighted by molar-refractivity contribution is -0.117. The van der Waals surface area contributed by atoms with Gasteiger partial charge in [-0.3, -0.25) is 9.59 Å². The summed E-state index contributed by atoms with van der Waals surface area (Å²) in [7, 11) is 0. The first-order valence-corrected chi connectivity index (χ1v) is 5.85. The summed E-state index contributed by atoms with van der Waals surface area (Å²) in [5, 5.41) is 2.70. The minimum absolute atomic E-state index is 0.0802. The molecule has 1 amide bonds. The molecule has 0 saturated heterocycles. The van der Waals surface area contributed by atoms with Crippen LogP contribution in [0.4, 0.5) is 5.69 Å². The number of carbonyl (C=O) groups excluding carboxylic acids is 1. The van der Waals surface area contributed by atoms with Crippen molar-refractivity contribution in [3.63, 3.8) is 0 Å². The molecule has 0 fully saturated rings. The van der Waals surface area contributed by atoms with Crippen molar-refractivity contribution in [1.82, 2.24) is 4.57 Å². The second-order valence-electron chi connectivity index (χ2n) is 3.93. The normalized spacial score (nSPS) is 12.2. The molecule has 0 aliphatic carbocycles. The van der Waals surface area contributed by atoms with Crippen LogP contribution in [0.2, 0.25) is 0 Å². The lowest BCUT2D eigenvalue weighted by Gasteiger charge is -2.12. The van der Waals surface area contributed by atoms with Crippen LogP contribution in [-0.4, -0.2) is 16.5 Å². The van der Waals surface area contributed by atoms with Crippen LogP contribution in [0.1, 0.15) is 26.7 Å². The van der Waals surface area contributed by atoms with Crippen LogP contribution in [-0.2, 0) is 11.3 Å². The van der Waals surface area contributed by atoms with Crippen LogP contribution in [0.3, 0.4) is 0 Å². The number of hydrogen-bond acceptors (Lipinski definition) is 3. The zero-order valence-electron chi connectivity index (χ0n) is 10.3. The minimum Gasteiger partial charge on any atom is -0.323 e. The zero-order valence-corrected chi connectivity index (χ0v) is 10.3. The number of nitrogens with zero attached hydrogens (tertiary/aromatic N) is 1. The molecule has 1 heterocycles. The van der Waals surface area contributed by atoms with Gasteiger partial charge in [-0.1, -0.05) is 13.3 Å². The van der Waals surface area contributed by atoms with Crippen LogP contribution in [0, 0.1) is 0 Å². The molecule has 1 aromatic rings. The highest BCUT2D eigenvalue weighted by Gasteiger charge is 2.12. The molecule has 1 atom stereocenters. The Kier molecular flexibility index (Phi) is 4.90. The zero-order chi connectivity index (χ0) is 12.8. The Bertz CT molecular complexity index is 440. The number of nitrogens with one attached hydrogen (secondary N) is 1. The van der Waals surface area contributed by atoms with Gasteiger partial charge in [0.05, 0.1) is 11.7 Å². The maximum absolute atomic E-state index is 11.7. The van der Waals surface area contributed by atoms with E-state index in [1.807, 2.05) is 13.8 Å². The van der Waals surface area contributed by atoms with Gasteiger partial charge in [0, 0.05) is 18.8 Å². The third-order valence-corrected chi connectivity index (χ3v) is 2.53. The van der Waals surface area contributed by atoms with E-state index in [2.05, 4.69) is 5.32 Å². The Morgan fingerprint density at radius 3 is 2.76 bits per heavy atom. The smallest absolute Gasteiger partial charge is 0.250 e. The van der Waals surface area contributed by atoms with Crippen LogP contribution in [0.15, 0.2) is 23.1 Å². The first-order chi connectivity index (χ1) is 8.08. The summed E-state index contributed by atoms with van der Waals surface area (Å²) in [6.07, 6.45) is 3.14. The third kappa shape index (κ3) is 3.71. The molecule has 0 aromatic carbocycles. The summed E-state index contributed by atoms with van der Waals surface area (Å²) in [5.74, 6) is -0.215. The SMILES string of the molecule is CCCC(N)C(=O)Nc1ccc(=O)n(CC)c1. The molecule has 1 rings (SSSR count). The number of pyridine rings is 1. The number of rotatable bonds is 5. The lowest BCUT2D eigenvalue weighted by atomic mass is 10.1. The maximum atomic E-state index is 11.7. The monoisotopic (exact) mass is 237 g/mol. The summed E-state index contributed by atoms with van der Waals surface area (Å²) < 4.78 is 1.53. The Balaban J connectivity index is 2.75. The average Bonchev–Trinajstić information content (AvgIpc) is 2.31. The van der Waals surface area contributed by atoms with Crippen molar-refractivity contribution in [3.8, 4) is 0 Å². The highest BCUT2D eigenvalue weighted by Crippen LogP contribution is 2.05. The molecule has 0 bridgehead atoms. The molecule has 0 radical (unpaired) electrons. The van der Waals surface area contributed by atoms with Gasteiger partial charge in [0.25, 0.3) is 5.56 Å². The van der Waals surface area contributed by atoms with E-state index in [1.54, 1.807) is 12.3 Å². The van der Waals surface area contributed by atoms with Gasteiger partial charge in [-0.15, -0.1) is 0 Å². The summed E-state index contributed by atoms with van der Waals surface area (Å²) in [6.45, 7) is 4.42. The topological polar surface area (TPSA) is 77.1 Å². The quantitative estimate of drug-likeness (QED) is 0.800. The molecule has 1 unspecified atom stereocenters. The van der Waals surface area contributed by atoms with E-state index in [1.165, 1.54) is 10.6 Å². The second-order valence-corrected chi connectivity index (χ2v) is 3.93. The van der Waals surface area contributed by atoms with E-state index in [-0.39, 0.29) is 11.5 Å². The second kappa shape index (κ2) is 6.20. The molecule has 94 valence electrons. The van der Waals surface area contributed by atoms with Crippen molar-refractivity contribution in [2.75, 3.05) is 5.32 Å². The Hall–Kier alpha value is -1.62. The first-order valence-electron chi connectivity index (χ1n) is 5.85. The minimum atomic E-state index is -0.498. The number of nitrogens with two attached hydrogens (primary N) is 1. The van der Waals surface area contributed by atoms with Gasteiger partial charge in [-0.2, -0.15) is 0 Å². The summed E-state index contributed by atoms with van der Waals surface area (Å²) in [6, 6.07) is 2.53. The van der Waals surface area contributed by atoms with Crippen molar-refractivity contribution in [2.24, 2.45) is 5.73 Å². The van der Waals surface area contributed by atoms with Gasteiger partial charge >= 0.3 is 0 Å². The molecular weight excluding hydrogens is 218 g/mol. The molecular formula is C12H19N3O2. The maximum Gasteiger partial charge on any atom is 0.250 e. The van der Waals surface area contributed by atoms with Gasteiger partial charge in [0.15, 0.2) is 0 Å². The van der Waals surface area contributed by atoms with E-state index in [0.717, 1.165) is 6.42 Å². The third-order valence-electron chi connectivity index (χ3n) is 2.53. The number of aromatic nitrogens is 1. The van der Waals surface area contributed by atoms with Crippen molar-refractivity contribution in [3.05, 3.63) is 28.7 Å². The van der Waals surface area contributed by atoms with Crippen molar-refractivity contribution < 1.29 is 4.79 Å². The van der Waals surface area contributed by atoms with Crippen LogP contribution >= 0.6 is 0 Å². The summed E-state index contributed by atoms with van der Waals surface area (Å²) in [4.78, 5) is 23.0. The molecule has 0 aliphatic heterocycles. The molecule has 1 aromatic heterocycles. The number of anilines is 1. The molecule has 0 spiro atoms. The van der Waals surface area contributed by atoms with Crippen LogP contribution < -0.4 is 16.6 Å². The van der Waals surface area contributed by atoms with E-state index < -0.39 is 6.04 Å². The van der Waals surface area contributed by atoms with Crippen molar-refractivity contribution in [1.29, 1.82) is 0 Å². The molecule has 0 aliphatic rings. The van der Waals surface area contributed by atoms with Gasteiger partial charge in [-0.05, 0) is 19.4 Å². The summed E-state index contributed by atoms with van der Waals surface area (Å²) in [5.41, 5.74) is 6.22. The van der Waals surface area contributed by atoms with Gasteiger partial charge in [0.2, 0.25) is 5.91 Å². The predicted octanol–water partition coefficient (Wildman–Crippen LogP) is 0.934. The molecule has 0 saturated carbocycles. The molecule has 17 heavy (non-hydrogen) atoms. The van der Waals surface area contributed by atoms with E-state index >= 15 is 0 Å². The fraction of sp³-hybridized carbons (Fsp3) is 0.500. The number of aryl methyl sites for hydroxylation is 1. The Labute approximate surface area is 101 Å². The van der Waals surface area contributed by atoms with Gasteiger partial charge < -0.3 is 15.6 Å². The number of carbonyl (C=O) groups is 1. The van der Waals surface area contributed by atoms with E-state index in [9.17, 15) is 9.59 Å². The largest absolute Gasteiger partial charge is 0.323 e. The molecule has 5 heteroatoms. The fourth-order valence-electron chi connectivity index (χ4n) is 1.53. The van der Waals surface area contributed by atoms with Crippen molar-refractivity contribution >= 4 is 11.6 Å². The Morgan fingerprint density at radius 2 is 2.18 bits per heavy atom. The summed E-state index contributed by atoms with van der Waals surface area (Å²) >= 11 is 0. The standard InChI is InChI=1S/C12H19N3O2/c1-3-5-10(13)12(17)14-9-6-7-11(16)15(4-2)8-9/h6-8,10H,3-5,13H2,1-2H3,(H,14,17). The number of hydrogen-bond donors (Lipinski definition) is 2. The molecule has 5 nitrogen and oxygen atoms in total. The average molecular weight is 237 g/mol. The van der Waals surface area contributed by atoms with E-state index in [0.29, 0.717) is 18.7 Å². The molecule has 3 N–H and O–H groups in total. The van der Waals surface area contributed by atoms with E-state index in [4.69, 9.17) is 5.73 Å². The van der Waals surface area contributed by atoms with Crippen LogP contribution in [0.5, 0.6) is 0 Å². The fourth-order valence-corrected chi connectivity index (χ4v) is 1.53. The first kappa shape index (κ1) is 13.4. The number of amides is 1. The predicted molar refractivity (Wildman–Crippen MR) is 67.9 cm³/mol. The highest BCUT2D eigenvalue weighted by molar-refractivity contribution is 5.94. The van der Waals surface area contributed by atoms with Crippen LogP contribution in [0.25, 0.3) is 0 Å².